The number of anilines is 2. The Balaban J connectivity index is 2.16. The van der Waals surface area contributed by atoms with Crippen LogP contribution in [0.1, 0.15) is 36.3 Å². The first-order valence-corrected chi connectivity index (χ1v) is 7.17. The van der Waals surface area contributed by atoms with Crippen molar-refractivity contribution in [2.24, 2.45) is 0 Å². The maximum Gasteiger partial charge on any atom is 0.274 e. The number of carbonyl (C=O) groups is 1. The summed E-state index contributed by atoms with van der Waals surface area (Å²) in [5, 5.41) is 15.1. The van der Waals surface area contributed by atoms with Crippen molar-refractivity contribution in [3.05, 3.63) is 53.9 Å². The first-order valence-electron chi connectivity index (χ1n) is 7.17. The predicted octanol–water partition coefficient (Wildman–Crippen LogP) is 3.42. The Hall–Kier alpha value is -2.87. The molecule has 5 nitrogen and oxygen atoms in total. The van der Waals surface area contributed by atoms with Crippen molar-refractivity contribution in [1.29, 1.82) is 5.26 Å². The van der Waals surface area contributed by atoms with E-state index >= 15 is 0 Å². The molecule has 0 fully saturated rings. The van der Waals surface area contributed by atoms with E-state index in [9.17, 15) is 4.79 Å². The number of nitrogens with zero attached hydrogens (tertiary/aromatic N) is 2. The summed E-state index contributed by atoms with van der Waals surface area (Å²) in [7, 11) is 0. The van der Waals surface area contributed by atoms with Gasteiger partial charge in [-0.05, 0) is 37.6 Å². The van der Waals surface area contributed by atoms with Crippen LogP contribution in [0.5, 0.6) is 0 Å². The number of nitrogens with one attached hydrogen (secondary N) is 2. The van der Waals surface area contributed by atoms with Crippen LogP contribution in [0.25, 0.3) is 0 Å². The third-order valence-corrected chi connectivity index (χ3v) is 3.31. The van der Waals surface area contributed by atoms with E-state index in [4.69, 9.17) is 5.26 Å². The highest BCUT2D eigenvalue weighted by Gasteiger charge is 2.11. The van der Waals surface area contributed by atoms with Gasteiger partial charge in [0.25, 0.3) is 5.91 Å². The summed E-state index contributed by atoms with van der Waals surface area (Å²) in [4.78, 5) is 16.4. The lowest BCUT2D eigenvalue weighted by atomic mass is 10.2. The number of benzene rings is 1. The maximum absolute atomic E-state index is 12.3. The molecule has 0 aliphatic rings. The molecule has 0 bridgehead atoms. The summed E-state index contributed by atoms with van der Waals surface area (Å²) in [6.07, 6.45) is 2.58. The van der Waals surface area contributed by atoms with E-state index in [1.54, 1.807) is 36.5 Å². The molecule has 22 heavy (non-hydrogen) atoms. The van der Waals surface area contributed by atoms with Crippen LogP contribution < -0.4 is 10.6 Å². The first-order chi connectivity index (χ1) is 10.6. The number of para-hydroxylation sites is 1. The quantitative estimate of drug-likeness (QED) is 0.885. The highest BCUT2D eigenvalue weighted by Crippen LogP contribution is 2.16. The van der Waals surface area contributed by atoms with Gasteiger partial charge in [0.1, 0.15) is 11.8 Å². The first kappa shape index (κ1) is 15.5. The van der Waals surface area contributed by atoms with Gasteiger partial charge in [0, 0.05) is 17.9 Å². The Bertz CT molecular complexity index is 706. The minimum Gasteiger partial charge on any atom is -0.382 e. The summed E-state index contributed by atoms with van der Waals surface area (Å²) >= 11 is 0. The number of pyridine rings is 1. The third-order valence-electron chi connectivity index (χ3n) is 3.31. The Morgan fingerprint density at radius 3 is 2.86 bits per heavy atom. The minimum absolute atomic E-state index is 0.307. The van der Waals surface area contributed by atoms with Crippen LogP contribution in [0.4, 0.5) is 11.4 Å². The largest absolute Gasteiger partial charge is 0.382 e. The van der Waals surface area contributed by atoms with Gasteiger partial charge in [-0.15, -0.1) is 0 Å². The highest BCUT2D eigenvalue weighted by atomic mass is 16.1. The summed E-state index contributed by atoms with van der Waals surface area (Å²) in [6.45, 7) is 4.16. The fourth-order valence-electron chi connectivity index (χ4n) is 1.91. The molecule has 2 rings (SSSR count). The average Bonchev–Trinajstić information content (AvgIpc) is 2.55. The van der Waals surface area contributed by atoms with Gasteiger partial charge >= 0.3 is 0 Å². The van der Waals surface area contributed by atoms with E-state index in [2.05, 4.69) is 35.5 Å². The summed E-state index contributed by atoms with van der Waals surface area (Å²) in [6, 6.07) is 12.8. The van der Waals surface area contributed by atoms with Crippen molar-refractivity contribution in [1.82, 2.24) is 4.98 Å². The van der Waals surface area contributed by atoms with Gasteiger partial charge in [0.2, 0.25) is 0 Å². The zero-order chi connectivity index (χ0) is 15.9. The van der Waals surface area contributed by atoms with Crippen LogP contribution in [0.3, 0.4) is 0 Å². The number of hydrogen-bond donors (Lipinski definition) is 2. The van der Waals surface area contributed by atoms with Gasteiger partial charge in [0.15, 0.2) is 0 Å². The molecule has 1 atom stereocenters. The van der Waals surface area contributed by atoms with Crippen molar-refractivity contribution < 1.29 is 4.79 Å². The summed E-state index contributed by atoms with van der Waals surface area (Å²) in [5.41, 5.74) is 2.06. The normalized spacial score (nSPS) is 11.3. The van der Waals surface area contributed by atoms with Crippen LogP contribution in [0, 0.1) is 11.3 Å². The standard InChI is InChI=1S/C17H18N4O/c1-3-12(2)20-14-8-9-19-16(10-14)17(22)21-15-7-5-4-6-13(15)11-18/h4-10,12H,3H2,1-2H3,(H,19,20)(H,21,22). The van der Waals surface area contributed by atoms with Crippen LogP contribution in [0.15, 0.2) is 42.6 Å². The summed E-state index contributed by atoms with van der Waals surface area (Å²) < 4.78 is 0. The molecule has 2 N–H and O–H groups in total. The zero-order valence-corrected chi connectivity index (χ0v) is 12.6. The van der Waals surface area contributed by atoms with Crippen molar-refractivity contribution in [2.75, 3.05) is 10.6 Å². The predicted molar refractivity (Wildman–Crippen MR) is 86.7 cm³/mol. The number of rotatable bonds is 5. The molecule has 112 valence electrons. The molecular weight excluding hydrogens is 276 g/mol. The lowest BCUT2D eigenvalue weighted by molar-refractivity contribution is 0.102. The second-order valence-corrected chi connectivity index (χ2v) is 4.99. The lowest BCUT2D eigenvalue weighted by Crippen LogP contribution is -2.17. The van der Waals surface area contributed by atoms with E-state index in [1.807, 2.05) is 6.07 Å². The molecule has 0 saturated carbocycles. The van der Waals surface area contributed by atoms with Crippen LogP contribution >= 0.6 is 0 Å². The van der Waals surface area contributed by atoms with Gasteiger partial charge in [-0.25, -0.2) is 0 Å². The number of carbonyl (C=O) groups excluding carboxylic acids is 1. The van der Waals surface area contributed by atoms with E-state index in [-0.39, 0.29) is 5.91 Å². The monoisotopic (exact) mass is 294 g/mol. The molecule has 1 aromatic carbocycles. The second-order valence-electron chi connectivity index (χ2n) is 4.99. The Labute approximate surface area is 130 Å². The molecule has 0 saturated heterocycles. The number of amides is 1. The average molecular weight is 294 g/mol. The zero-order valence-electron chi connectivity index (χ0n) is 12.6. The summed E-state index contributed by atoms with van der Waals surface area (Å²) in [5.74, 6) is -0.337. The molecule has 5 heteroatoms. The topological polar surface area (TPSA) is 77.8 Å². The van der Waals surface area contributed by atoms with E-state index in [0.717, 1.165) is 12.1 Å². The molecule has 0 radical (unpaired) electrons. The van der Waals surface area contributed by atoms with Gasteiger partial charge in [-0.1, -0.05) is 19.1 Å². The molecule has 1 aromatic heterocycles. The van der Waals surface area contributed by atoms with Crippen LogP contribution in [0.2, 0.25) is 0 Å². The van der Waals surface area contributed by atoms with Crippen molar-refractivity contribution >= 4 is 17.3 Å². The molecule has 1 unspecified atom stereocenters. The van der Waals surface area contributed by atoms with Gasteiger partial charge in [-0.2, -0.15) is 5.26 Å². The smallest absolute Gasteiger partial charge is 0.274 e. The fraction of sp³-hybridized carbons (Fsp3) is 0.235. The SMILES string of the molecule is CCC(C)Nc1ccnc(C(=O)Nc2ccccc2C#N)c1. The lowest BCUT2D eigenvalue weighted by Gasteiger charge is -2.13. The van der Waals surface area contributed by atoms with Gasteiger partial charge in [0.05, 0.1) is 11.3 Å². The van der Waals surface area contributed by atoms with Crippen molar-refractivity contribution in [3.63, 3.8) is 0 Å². The molecule has 1 heterocycles. The molecule has 2 aromatic rings. The van der Waals surface area contributed by atoms with Crippen LogP contribution in [-0.4, -0.2) is 16.9 Å². The Kier molecular flexibility index (Phi) is 5.10. The number of nitriles is 1. The molecule has 1 amide bonds. The molecule has 0 aliphatic carbocycles. The minimum atomic E-state index is -0.337. The van der Waals surface area contributed by atoms with Crippen molar-refractivity contribution in [2.45, 2.75) is 26.3 Å². The second kappa shape index (κ2) is 7.23. The Morgan fingerprint density at radius 1 is 1.36 bits per heavy atom. The maximum atomic E-state index is 12.3. The Morgan fingerprint density at radius 2 is 2.14 bits per heavy atom. The van der Waals surface area contributed by atoms with Crippen molar-refractivity contribution in [3.8, 4) is 6.07 Å². The van der Waals surface area contributed by atoms with Gasteiger partial charge in [-0.3, -0.25) is 9.78 Å². The molecular formula is C17H18N4O. The third kappa shape index (κ3) is 3.83. The molecule has 0 spiro atoms. The van der Waals surface area contributed by atoms with E-state index in [1.165, 1.54) is 0 Å². The van der Waals surface area contributed by atoms with E-state index in [0.29, 0.717) is 23.0 Å². The van der Waals surface area contributed by atoms with Crippen LogP contribution in [-0.2, 0) is 0 Å². The number of aromatic nitrogens is 1. The fourth-order valence-corrected chi connectivity index (χ4v) is 1.91. The van der Waals surface area contributed by atoms with Gasteiger partial charge < -0.3 is 10.6 Å². The molecule has 0 aliphatic heterocycles. The van der Waals surface area contributed by atoms with E-state index < -0.39 is 0 Å². The highest BCUT2D eigenvalue weighted by molar-refractivity contribution is 6.04. The number of hydrogen-bond acceptors (Lipinski definition) is 4.